The summed E-state index contributed by atoms with van der Waals surface area (Å²) in [5.74, 6) is 0.361. The zero-order chi connectivity index (χ0) is 10.8. The van der Waals surface area contributed by atoms with Gasteiger partial charge in [0.2, 0.25) is 0 Å². The minimum absolute atomic E-state index is 0.0593. The number of alkyl halides is 1. The van der Waals surface area contributed by atoms with Gasteiger partial charge in [0.1, 0.15) is 5.82 Å². The van der Waals surface area contributed by atoms with E-state index in [0.717, 1.165) is 10.0 Å². The van der Waals surface area contributed by atoms with E-state index >= 15 is 0 Å². The van der Waals surface area contributed by atoms with E-state index in [1.807, 2.05) is 19.9 Å². The Labute approximate surface area is 97.6 Å². The molecule has 1 aromatic rings. The molecule has 0 saturated carbocycles. The van der Waals surface area contributed by atoms with Crippen LogP contribution in [0, 0.1) is 11.2 Å². The van der Waals surface area contributed by atoms with Crippen molar-refractivity contribution >= 4 is 27.5 Å². The van der Waals surface area contributed by atoms with Crippen molar-refractivity contribution in [1.82, 2.24) is 0 Å². The summed E-state index contributed by atoms with van der Waals surface area (Å²) in [7, 11) is 0. The van der Waals surface area contributed by atoms with Gasteiger partial charge in [-0.15, -0.1) is 11.6 Å². The topological polar surface area (TPSA) is 0 Å². The fourth-order valence-corrected chi connectivity index (χ4v) is 1.66. The molecule has 78 valence electrons. The molecular formula is C11H13BrClF. The second-order valence-corrected chi connectivity index (χ2v) is 5.39. The number of rotatable bonds is 3. The number of hydrogen-bond acceptors (Lipinski definition) is 0. The van der Waals surface area contributed by atoms with Gasteiger partial charge in [-0.1, -0.05) is 35.8 Å². The molecule has 1 rings (SSSR count). The third-order valence-corrected chi connectivity index (χ3v) is 3.26. The molecule has 0 saturated heterocycles. The second kappa shape index (κ2) is 4.63. The Morgan fingerprint density at radius 3 is 2.57 bits per heavy atom. The van der Waals surface area contributed by atoms with Crippen LogP contribution < -0.4 is 0 Å². The third kappa shape index (κ3) is 3.25. The Bertz CT molecular complexity index is 323. The van der Waals surface area contributed by atoms with Gasteiger partial charge < -0.3 is 0 Å². The van der Waals surface area contributed by atoms with Gasteiger partial charge >= 0.3 is 0 Å². The van der Waals surface area contributed by atoms with Gasteiger partial charge in [0.25, 0.3) is 0 Å². The molecule has 0 heterocycles. The van der Waals surface area contributed by atoms with Crippen molar-refractivity contribution in [3.8, 4) is 0 Å². The van der Waals surface area contributed by atoms with E-state index in [0.29, 0.717) is 12.3 Å². The SMILES string of the molecule is CC(C)(CCl)Cc1ccc(Br)cc1F. The van der Waals surface area contributed by atoms with Crippen molar-refractivity contribution in [3.63, 3.8) is 0 Å². The minimum Gasteiger partial charge on any atom is -0.207 e. The Balaban J connectivity index is 2.87. The molecule has 0 aliphatic carbocycles. The molecular weight excluding hydrogens is 266 g/mol. The molecule has 0 unspecified atom stereocenters. The van der Waals surface area contributed by atoms with Gasteiger partial charge in [-0.3, -0.25) is 0 Å². The molecule has 3 heteroatoms. The van der Waals surface area contributed by atoms with Crippen LogP contribution in [0.3, 0.4) is 0 Å². The highest BCUT2D eigenvalue weighted by Gasteiger charge is 2.18. The second-order valence-electron chi connectivity index (χ2n) is 4.21. The molecule has 0 bridgehead atoms. The maximum Gasteiger partial charge on any atom is 0.127 e. The highest BCUT2D eigenvalue weighted by atomic mass is 79.9. The lowest BCUT2D eigenvalue weighted by Crippen LogP contribution is -2.17. The predicted molar refractivity (Wildman–Crippen MR) is 62.3 cm³/mol. The van der Waals surface area contributed by atoms with Crippen molar-refractivity contribution in [2.24, 2.45) is 5.41 Å². The van der Waals surface area contributed by atoms with E-state index < -0.39 is 0 Å². The average Bonchev–Trinajstić information content (AvgIpc) is 2.10. The Morgan fingerprint density at radius 2 is 2.07 bits per heavy atom. The lowest BCUT2D eigenvalue weighted by molar-refractivity contribution is 0.408. The van der Waals surface area contributed by atoms with Gasteiger partial charge in [-0.05, 0) is 29.5 Å². The number of halogens is 3. The van der Waals surface area contributed by atoms with Crippen LogP contribution in [0.4, 0.5) is 4.39 Å². The van der Waals surface area contributed by atoms with E-state index in [-0.39, 0.29) is 11.2 Å². The van der Waals surface area contributed by atoms with Crippen LogP contribution in [0.2, 0.25) is 0 Å². The van der Waals surface area contributed by atoms with Crippen molar-refractivity contribution in [1.29, 1.82) is 0 Å². The van der Waals surface area contributed by atoms with Crippen LogP contribution in [-0.2, 0) is 6.42 Å². The molecule has 14 heavy (non-hydrogen) atoms. The summed E-state index contributed by atoms with van der Waals surface area (Å²) in [6, 6.07) is 5.14. The first kappa shape index (κ1) is 12.0. The summed E-state index contributed by atoms with van der Waals surface area (Å²) >= 11 is 9.02. The van der Waals surface area contributed by atoms with E-state index in [2.05, 4.69) is 15.9 Å². The zero-order valence-electron chi connectivity index (χ0n) is 8.28. The highest BCUT2D eigenvalue weighted by Crippen LogP contribution is 2.26. The lowest BCUT2D eigenvalue weighted by Gasteiger charge is -2.21. The Morgan fingerprint density at radius 1 is 1.43 bits per heavy atom. The van der Waals surface area contributed by atoms with Crippen molar-refractivity contribution < 1.29 is 4.39 Å². The predicted octanol–water partition coefficient (Wildman–Crippen LogP) is 4.40. The maximum absolute atomic E-state index is 13.4. The van der Waals surface area contributed by atoms with Crippen LogP contribution in [0.15, 0.2) is 22.7 Å². The fraction of sp³-hybridized carbons (Fsp3) is 0.455. The minimum atomic E-state index is -0.169. The first-order chi connectivity index (χ1) is 6.44. The van der Waals surface area contributed by atoms with Crippen LogP contribution >= 0.6 is 27.5 Å². The normalized spacial score (nSPS) is 11.8. The molecule has 0 radical (unpaired) electrons. The van der Waals surface area contributed by atoms with Crippen LogP contribution in [0.1, 0.15) is 19.4 Å². The molecule has 0 aliphatic heterocycles. The molecule has 0 atom stereocenters. The molecule has 0 amide bonds. The molecule has 0 N–H and O–H groups in total. The highest BCUT2D eigenvalue weighted by molar-refractivity contribution is 9.10. The summed E-state index contributed by atoms with van der Waals surface area (Å²) in [6.45, 7) is 4.06. The first-order valence-corrected chi connectivity index (χ1v) is 5.77. The molecule has 0 spiro atoms. The standard InChI is InChI=1S/C11H13BrClF/c1-11(2,7-13)6-8-3-4-9(12)5-10(8)14/h3-5H,6-7H2,1-2H3. The largest absolute Gasteiger partial charge is 0.207 e. The Kier molecular flexibility index (Phi) is 3.96. The molecule has 1 aromatic carbocycles. The van der Waals surface area contributed by atoms with Crippen molar-refractivity contribution in [3.05, 3.63) is 34.1 Å². The van der Waals surface area contributed by atoms with Crippen LogP contribution in [-0.4, -0.2) is 5.88 Å². The summed E-state index contributed by atoms with van der Waals surface area (Å²) in [4.78, 5) is 0. The average molecular weight is 280 g/mol. The summed E-state index contributed by atoms with van der Waals surface area (Å²) < 4.78 is 14.2. The van der Waals surface area contributed by atoms with Gasteiger partial charge in [0.15, 0.2) is 0 Å². The summed E-state index contributed by atoms with van der Waals surface area (Å²) in [6.07, 6.45) is 0.662. The maximum atomic E-state index is 13.4. The smallest absolute Gasteiger partial charge is 0.127 e. The van der Waals surface area contributed by atoms with Crippen LogP contribution in [0.25, 0.3) is 0 Å². The van der Waals surface area contributed by atoms with E-state index in [4.69, 9.17) is 11.6 Å². The zero-order valence-corrected chi connectivity index (χ0v) is 10.6. The van der Waals surface area contributed by atoms with Crippen molar-refractivity contribution in [2.75, 3.05) is 5.88 Å². The van der Waals surface area contributed by atoms with E-state index in [9.17, 15) is 4.39 Å². The third-order valence-electron chi connectivity index (χ3n) is 2.05. The van der Waals surface area contributed by atoms with Crippen molar-refractivity contribution in [2.45, 2.75) is 20.3 Å². The molecule has 0 aromatic heterocycles. The van der Waals surface area contributed by atoms with E-state index in [1.165, 1.54) is 6.07 Å². The van der Waals surface area contributed by atoms with Crippen LogP contribution in [0.5, 0.6) is 0 Å². The molecule has 0 fully saturated rings. The summed E-state index contributed by atoms with van der Waals surface area (Å²) in [5.41, 5.74) is 0.662. The number of benzene rings is 1. The summed E-state index contributed by atoms with van der Waals surface area (Å²) in [5, 5.41) is 0. The van der Waals surface area contributed by atoms with Gasteiger partial charge in [0, 0.05) is 10.4 Å². The molecule has 0 nitrogen and oxygen atoms in total. The van der Waals surface area contributed by atoms with Gasteiger partial charge in [-0.25, -0.2) is 4.39 Å². The van der Waals surface area contributed by atoms with Gasteiger partial charge in [0.05, 0.1) is 0 Å². The fourth-order valence-electron chi connectivity index (χ4n) is 1.23. The quantitative estimate of drug-likeness (QED) is 0.720. The van der Waals surface area contributed by atoms with Gasteiger partial charge in [-0.2, -0.15) is 0 Å². The Hall–Kier alpha value is -0.0800. The first-order valence-electron chi connectivity index (χ1n) is 4.44. The molecule has 0 aliphatic rings. The number of hydrogen-bond donors (Lipinski definition) is 0. The lowest BCUT2D eigenvalue weighted by atomic mass is 9.88. The monoisotopic (exact) mass is 278 g/mol. The van der Waals surface area contributed by atoms with E-state index in [1.54, 1.807) is 6.07 Å².